The van der Waals surface area contributed by atoms with Gasteiger partial charge in [0, 0.05) is 30.1 Å². The van der Waals surface area contributed by atoms with E-state index in [4.69, 9.17) is 0 Å². The van der Waals surface area contributed by atoms with E-state index < -0.39 is 10.0 Å². The molecular weight excluding hydrogens is 392 g/mol. The van der Waals surface area contributed by atoms with Crippen molar-refractivity contribution in [2.45, 2.75) is 51.2 Å². The van der Waals surface area contributed by atoms with Crippen LogP contribution in [-0.2, 0) is 21.2 Å². The van der Waals surface area contributed by atoms with E-state index in [1.54, 1.807) is 0 Å². The Labute approximate surface area is 174 Å². The summed E-state index contributed by atoms with van der Waals surface area (Å²) in [5.74, 6) is 0.748. The first-order valence-corrected chi connectivity index (χ1v) is 12.7. The maximum atomic E-state index is 12.7. The van der Waals surface area contributed by atoms with E-state index in [9.17, 15) is 13.2 Å². The van der Waals surface area contributed by atoms with Crippen molar-refractivity contribution >= 4 is 27.7 Å². The normalized spacial score (nSPS) is 18.8. The van der Waals surface area contributed by atoms with Gasteiger partial charge in [-0.25, -0.2) is 12.7 Å². The number of thioether (sulfide) groups is 1. The number of carbonyl (C=O) groups is 1. The van der Waals surface area contributed by atoms with Crippen LogP contribution in [0.2, 0.25) is 0 Å². The Balaban J connectivity index is 1.78. The number of carbonyl (C=O) groups excluding carboxylic acids is 1. The number of amides is 1. The van der Waals surface area contributed by atoms with Gasteiger partial charge in [-0.3, -0.25) is 4.79 Å². The monoisotopic (exact) mass is 426 g/mol. The molecule has 28 heavy (non-hydrogen) atoms. The number of benzene rings is 1. The minimum absolute atomic E-state index is 0.0151. The highest BCUT2D eigenvalue weighted by molar-refractivity contribution is 8.00. The largest absolute Gasteiger partial charge is 0.355 e. The van der Waals surface area contributed by atoms with Crippen LogP contribution < -0.4 is 5.32 Å². The van der Waals surface area contributed by atoms with Gasteiger partial charge in [0.25, 0.3) is 0 Å². The standard InChI is InChI=1S/C21H34N2O3S2/c1-21(2,3)27-15-13-22-20(24)19-12-7-14-23(17-19)28(25,26)16-8-11-18-9-5-4-6-10-18/h4-6,9-10,19H,7-8,11-17H2,1-3H3,(H,22,24)/t19-/m1/s1. The van der Waals surface area contributed by atoms with Crippen molar-refractivity contribution in [1.82, 2.24) is 9.62 Å². The summed E-state index contributed by atoms with van der Waals surface area (Å²) in [6.07, 6.45) is 2.86. The zero-order chi connectivity index (χ0) is 20.6. The van der Waals surface area contributed by atoms with Crippen molar-refractivity contribution in [2.75, 3.05) is 31.1 Å². The molecule has 0 aliphatic carbocycles. The molecule has 1 N–H and O–H groups in total. The van der Waals surface area contributed by atoms with Gasteiger partial charge < -0.3 is 5.32 Å². The fourth-order valence-electron chi connectivity index (χ4n) is 3.32. The maximum absolute atomic E-state index is 12.7. The van der Waals surface area contributed by atoms with Crippen molar-refractivity contribution in [3.05, 3.63) is 35.9 Å². The van der Waals surface area contributed by atoms with Crippen LogP contribution in [0, 0.1) is 5.92 Å². The van der Waals surface area contributed by atoms with E-state index in [1.165, 1.54) is 4.31 Å². The number of nitrogens with zero attached hydrogens (tertiary/aromatic N) is 1. The highest BCUT2D eigenvalue weighted by atomic mass is 32.2. The van der Waals surface area contributed by atoms with Gasteiger partial charge in [0.15, 0.2) is 0 Å². The van der Waals surface area contributed by atoms with Crippen molar-refractivity contribution in [1.29, 1.82) is 0 Å². The zero-order valence-corrected chi connectivity index (χ0v) is 18.9. The molecule has 1 aliphatic heterocycles. The first-order valence-electron chi connectivity index (χ1n) is 10.1. The fourth-order valence-corrected chi connectivity index (χ4v) is 5.72. The van der Waals surface area contributed by atoms with Crippen LogP contribution in [0.15, 0.2) is 30.3 Å². The number of nitrogens with one attached hydrogen (secondary N) is 1. The second-order valence-electron chi connectivity index (χ2n) is 8.35. The van der Waals surface area contributed by atoms with Crippen molar-refractivity contribution in [2.24, 2.45) is 5.92 Å². The fraction of sp³-hybridized carbons (Fsp3) is 0.667. The average molecular weight is 427 g/mol. The van der Waals surface area contributed by atoms with E-state index in [1.807, 2.05) is 42.1 Å². The Morgan fingerprint density at radius 2 is 1.96 bits per heavy atom. The minimum atomic E-state index is -3.32. The molecule has 0 aromatic heterocycles. The van der Waals surface area contributed by atoms with Gasteiger partial charge in [0.1, 0.15) is 0 Å². The first kappa shape index (κ1) is 23.2. The Morgan fingerprint density at radius 3 is 2.64 bits per heavy atom. The van der Waals surface area contributed by atoms with E-state index in [-0.39, 0.29) is 22.3 Å². The predicted octanol–water partition coefficient (Wildman–Crippen LogP) is 3.31. The Kier molecular flexibility index (Phi) is 8.83. The van der Waals surface area contributed by atoms with Gasteiger partial charge >= 0.3 is 0 Å². The molecule has 0 saturated carbocycles. The zero-order valence-electron chi connectivity index (χ0n) is 17.3. The molecule has 1 fully saturated rings. The quantitative estimate of drug-likeness (QED) is 0.615. The second-order valence-corrected chi connectivity index (χ2v) is 12.4. The molecule has 1 saturated heterocycles. The number of hydrogen-bond acceptors (Lipinski definition) is 4. The molecule has 1 heterocycles. The molecule has 1 atom stereocenters. The summed E-state index contributed by atoms with van der Waals surface area (Å²) in [6.45, 7) is 7.92. The Bertz CT molecular complexity index is 715. The lowest BCUT2D eigenvalue weighted by molar-refractivity contribution is -0.125. The average Bonchev–Trinajstić information content (AvgIpc) is 2.65. The van der Waals surface area contributed by atoms with E-state index in [0.717, 1.165) is 30.6 Å². The molecule has 2 rings (SSSR count). The summed E-state index contributed by atoms with van der Waals surface area (Å²) in [5.41, 5.74) is 1.15. The molecule has 5 nitrogen and oxygen atoms in total. The van der Waals surface area contributed by atoms with Crippen LogP contribution in [0.25, 0.3) is 0 Å². The van der Waals surface area contributed by atoms with Crippen molar-refractivity contribution in [3.8, 4) is 0 Å². The molecule has 1 aliphatic rings. The molecule has 7 heteroatoms. The lowest BCUT2D eigenvalue weighted by Crippen LogP contribution is -2.46. The van der Waals surface area contributed by atoms with Gasteiger partial charge in [0.05, 0.1) is 11.7 Å². The molecule has 1 aromatic carbocycles. The molecule has 0 unspecified atom stereocenters. The number of sulfonamides is 1. The highest BCUT2D eigenvalue weighted by Gasteiger charge is 2.31. The summed E-state index contributed by atoms with van der Waals surface area (Å²) in [6, 6.07) is 9.94. The van der Waals surface area contributed by atoms with Crippen LogP contribution in [0.1, 0.15) is 45.6 Å². The molecule has 0 bridgehead atoms. The second kappa shape index (κ2) is 10.6. The predicted molar refractivity (Wildman–Crippen MR) is 118 cm³/mol. The number of aryl methyl sites for hydroxylation is 1. The lowest BCUT2D eigenvalue weighted by Gasteiger charge is -2.31. The maximum Gasteiger partial charge on any atom is 0.224 e. The molecule has 158 valence electrons. The summed E-state index contributed by atoms with van der Waals surface area (Å²) < 4.78 is 27.1. The van der Waals surface area contributed by atoms with Crippen LogP contribution in [-0.4, -0.2) is 54.5 Å². The van der Waals surface area contributed by atoms with Crippen LogP contribution in [0.3, 0.4) is 0 Å². The van der Waals surface area contributed by atoms with Gasteiger partial charge in [0.2, 0.25) is 15.9 Å². The van der Waals surface area contributed by atoms with Crippen molar-refractivity contribution in [3.63, 3.8) is 0 Å². The third kappa shape index (κ3) is 8.13. The van der Waals surface area contributed by atoms with Crippen molar-refractivity contribution < 1.29 is 13.2 Å². The smallest absolute Gasteiger partial charge is 0.224 e. The van der Waals surface area contributed by atoms with E-state index in [2.05, 4.69) is 26.1 Å². The summed E-state index contributed by atoms with van der Waals surface area (Å²) >= 11 is 1.81. The third-order valence-electron chi connectivity index (χ3n) is 4.80. The van der Waals surface area contributed by atoms with Crippen LogP contribution in [0.4, 0.5) is 0 Å². The van der Waals surface area contributed by atoms with Gasteiger partial charge in [-0.05, 0) is 31.2 Å². The summed E-state index contributed by atoms with van der Waals surface area (Å²) in [7, 11) is -3.32. The molecular formula is C21H34N2O3S2. The minimum Gasteiger partial charge on any atom is -0.355 e. The van der Waals surface area contributed by atoms with Crippen LogP contribution in [0.5, 0.6) is 0 Å². The lowest BCUT2D eigenvalue weighted by atomic mass is 9.99. The third-order valence-corrected chi connectivity index (χ3v) is 7.99. The number of rotatable bonds is 9. The van der Waals surface area contributed by atoms with Gasteiger partial charge in [-0.2, -0.15) is 11.8 Å². The summed E-state index contributed by atoms with van der Waals surface area (Å²) in [4.78, 5) is 12.5. The Morgan fingerprint density at radius 1 is 1.25 bits per heavy atom. The molecule has 1 amide bonds. The molecule has 1 aromatic rings. The van der Waals surface area contributed by atoms with E-state index in [0.29, 0.717) is 26.1 Å². The van der Waals surface area contributed by atoms with E-state index >= 15 is 0 Å². The summed E-state index contributed by atoms with van der Waals surface area (Å²) in [5, 5.41) is 2.98. The SMILES string of the molecule is CC(C)(C)SCCNC(=O)[C@@H]1CCCN(S(=O)(=O)CCCc2ccccc2)C1. The number of piperidine rings is 1. The van der Waals surface area contributed by atoms with Gasteiger partial charge in [-0.15, -0.1) is 0 Å². The van der Waals surface area contributed by atoms with Crippen LogP contribution >= 0.6 is 11.8 Å². The Hall–Kier alpha value is -1.05. The first-order chi connectivity index (χ1) is 13.2. The number of hydrogen-bond donors (Lipinski definition) is 1. The van der Waals surface area contributed by atoms with Gasteiger partial charge in [-0.1, -0.05) is 51.1 Å². The molecule has 0 spiro atoms. The molecule has 0 radical (unpaired) electrons. The highest BCUT2D eigenvalue weighted by Crippen LogP contribution is 2.23. The topological polar surface area (TPSA) is 66.5 Å².